The largest absolute Gasteiger partial charge is 0.332 e. The van der Waals surface area contributed by atoms with E-state index in [-0.39, 0.29) is 10.9 Å². The molecule has 0 N–H and O–H groups in total. The maximum absolute atomic E-state index is 13.3. The van der Waals surface area contributed by atoms with E-state index in [0.717, 1.165) is 33.3 Å². The lowest BCUT2D eigenvalue weighted by molar-refractivity contribution is 0.552. The molecule has 1 unspecified atom stereocenters. The van der Waals surface area contributed by atoms with Crippen molar-refractivity contribution in [3.05, 3.63) is 108 Å². The van der Waals surface area contributed by atoms with E-state index >= 15 is 0 Å². The molecule has 4 aromatic carbocycles. The van der Waals surface area contributed by atoms with Gasteiger partial charge in [-0.1, -0.05) is 78.9 Å². The minimum atomic E-state index is -4.73. The number of rotatable bonds is 4. The van der Waals surface area contributed by atoms with Crippen LogP contribution in [0.15, 0.2) is 107 Å². The molecule has 31 heavy (non-hydrogen) atoms. The van der Waals surface area contributed by atoms with Crippen LogP contribution >= 0.6 is 0 Å². The topological polar surface area (TPSA) is 49.7 Å². The fourth-order valence-corrected chi connectivity index (χ4v) is 4.52. The zero-order valence-corrected chi connectivity index (χ0v) is 17.3. The molecule has 1 aliphatic heterocycles. The highest BCUT2D eigenvalue weighted by Crippen LogP contribution is 2.39. The maximum atomic E-state index is 13.3. The molecule has 0 amide bonds. The number of halogens is 1. The molecule has 0 spiro atoms. The second-order valence-corrected chi connectivity index (χ2v) is 8.83. The number of nitrogens with zero attached hydrogens (tertiary/aromatic N) is 2. The lowest BCUT2D eigenvalue weighted by Gasteiger charge is -2.25. The van der Waals surface area contributed by atoms with Crippen molar-refractivity contribution in [3.8, 4) is 0 Å². The summed E-state index contributed by atoms with van der Waals surface area (Å²) in [6.45, 7) is 0. The normalized spacial score (nSPS) is 16.5. The van der Waals surface area contributed by atoms with Gasteiger partial charge in [0, 0.05) is 11.8 Å². The van der Waals surface area contributed by atoms with Crippen molar-refractivity contribution in [2.45, 2.75) is 17.4 Å². The zero-order chi connectivity index (χ0) is 21.4. The second-order valence-electron chi connectivity index (χ2n) is 7.48. The van der Waals surface area contributed by atoms with Crippen LogP contribution in [0.2, 0.25) is 0 Å². The Morgan fingerprint density at radius 3 is 2.23 bits per heavy atom. The molecule has 1 aliphatic rings. The second kappa shape index (κ2) is 7.63. The summed E-state index contributed by atoms with van der Waals surface area (Å²) in [6.07, 6.45) is 0.648. The van der Waals surface area contributed by atoms with Crippen LogP contribution in [0, 0.1) is 0 Å². The number of benzene rings is 4. The van der Waals surface area contributed by atoms with E-state index in [1.807, 2.05) is 41.4 Å². The Kier molecular flexibility index (Phi) is 4.79. The first-order valence-electron chi connectivity index (χ1n) is 9.95. The van der Waals surface area contributed by atoms with Crippen LogP contribution in [0.1, 0.15) is 23.6 Å². The van der Waals surface area contributed by atoms with Crippen molar-refractivity contribution in [1.29, 1.82) is 0 Å². The van der Waals surface area contributed by atoms with Crippen molar-refractivity contribution >= 4 is 32.4 Å². The number of hydrazone groups is 1. The molecule has 0 fully saturated rings. The van der Waals surface area contributed by atoms with Gasteiger partial charge >= 0.3 is 10.2 Å². The van der Waals surface area contributed by atoms with E-state index in [1.165, 1.54) is 12.1 Å². The average Bonchev–Trinajstić information content (AvgIpc) is 3.24. The smallest absolute Gasteiger partial charge is 0.257 e. The Hall–Kier alpha value is -3.51. The SMILES string of the molecule is O=S(=O)(F)c1ccc(C2=NN(c3cccc4ccccc34)C(c3ccccc3)C2)cc1. The van der Waals surface area contributed by atoms with E-state index in [0.29, 0.717) is 6.42 Å². The van der Waals surface area contributed by atoms with Crippen molar-refractivity contribution in [3.63, 3.8) is 0 Å². The van der Waals surface area contributed by atoms with E-state index < -0.39 is 10.2 Å². The first kappa shape index (κ1) is 19.5. The minimum Gasteiger partial charge on any atom is -0.257 e. The molecule has 1 atom stereocenters. The van der Waals surface area contributed by atoms with E-state index in [9.17, 15) is 12.3 Å². The van der Waals surface area contributed by atoms with Gasteiger partial charge in [0.15, 0.2) is 0 Å². The third-order valence-corrected chi connectivity index (χ3v) is 6.41. The number of anilines is 1. The van der Waals surface area contributed by atoms with Gasteiger partial charge in [-0.2, -0.15) is 13.5 Å². The zero-order valence-electron chi connectivity index (χ0n) is 16.5. The van der Waals surface area contributed by atoms with Gasteiger partial charge in [0.1, 0.15) is 0 Å². The molecule has 0 aliphatic carbocycles. The third-order valence-electron chi connectivity index (χ3n) is 5.58. The van der Waals surface area contributed by atoms with Gasteiger partial charge < -0.3 is 0 Å². The summed E-state index contributed by atoms with van der Waals surface area (Å²) in [5, 5.41) is 9.21. The molecule has 4 nitrogen and oxygen atoms in total. The Labute approximate surface area is 180 Å². The lowest BCUT2D eigenvalue weighted by Crippen LogP contribution is -2.18. The number of hydrogen-bond acceptors (Lipinski definition) is 4. The molecule has 5 rings (SSSR count). The highest BCUT2D eigenvalue weighted by atomic mass is 32.3. The molecule has 0 bridgehead atoms. The Morgan fingerprint density at radius 2 is 1.48 bits per heavy atom. The summed E-state index contributed by atoms with van der Waals surface area (Å²) in [5.41, 5.74) is 3.74. The van der Waals surface area contributed by atoms with Gasteiger partial charge in [0.2, 0.25) is 0 Å². The van der Waals surface area contributed by atoms with E-state index in [2.05, 4.69) is 36.4 Å². The fourth-order valence-electron chi connectivity index (χ4n) is 4.06. The van der Waals surface area contributed by atoms with Gasteiger partial charge in [-0.05, 0) is 34.7 Å². The molecule has 0 saturated carbocycles. The molecule has 0 saturated heterocycles. The molecular weight excluding hydrogens is 411 g/mol. The summed E-state index contributed by atoms with van der Waals surface area (Å²) < 4.78 is 35.6. The standard InChI is InChI=1S/C25H19FN2O2S/c26-31(29,30)21-15-13-19(14-16-21)23-17-25(20-8-2-1-3-9-20)28(27-23)24-12-6-10-18-7-4-5-11-22(18)24/h1-16,25H,17H2. The lowest BCUT2D eigenvalue weighted by atomic mass is 9.98. The van der Waals surface area contributed by atoms with E-state index in [4.69, 9.17) is 5.10 Å². The molecule has 4 aromatic rings. The molecule has 154 valence electrons. The van der Waals surface area contributed by atoms with Crippen LogP contribution in [0.4, 0.5) is 9.57 Å². The molecule has 1 heterocycles. The van der Waals surface area contributed by atoms with Crippen LogP contribution < -0.4 is 5.01 Å². The summed E-state index contributed by atoms with van der Waals surface area (Å²) in [4.78, 5) is -0.347. The number of hydrogen-bond donors (Lipinski definition) is 0. The summed E-state index contributed by atoms with van der Waals surface area (Å²) in [7, 11) is -4.73. The average molecular weight is 431 g/mol. The fraction of sp³-hybridized carbons (Fsp3) is 0.0800. The maximum Gasteiger partial charge on any atom is 0.332 e. The Bertz CT molecular complexity index is 1380. The van der Waals surface area contributed by atoms with Gasteiger partial charge in [0.25, 0.3) is 0 Å². The quantitative estimate of drug-likeness (QED) is 0.382. The first-order valence-corrected chi connectivity index (χ1v) is 11.3. The Balaban J connectivity index is 1.61. The first-order chi connectivity index (χ1) is 15.0. The predicted molar refractivity (Wildman–Crippen MR) is 121 cm³/mol. The van der Waals surface area contributed by atoms with Crippen LogP contribution in [-0.2, 0) is 10.2 Å². The van der Waals surface area contributed by atoms with Gasteiger partial charge in [-0.15, -0.1) is 3.89 Å². The van der Waals surface area contributed by atoms with Gasteiger partial charge in [-0.3, -0.25) is 5.01 Å². The Morgan fingerprint density at radius 1 is 0.806 bits per heavy atom. The van der Waals surface area contributed by atoms with Gasteiger partial charge in [0.05, 0.1) is 22.3 Å². The van der Waals surface area contributed by atoms with Crippen LogP contribution in [0.3, 0.4) is 0 Å². The summed E-state index contributed by atoms with van der Waals surface area (Å²) in [6, 6.07) is 30.3. The van der Waals surface area contributed by atoms with Crippen LogP contribution in [0.5, 0.6) is 0 Å². The highest BCUT2D eigenvalue weighted by molar-refractivity contribution is 7.86. The molecule has 0 radical (unpaired) electrons. The molecular formula is C25H19FN2O2S. The highest BCUT2D eigenvalue weighted by Gasteiger charge is 2.30. The predicted octanol–water partition coefficient (Wildman–Crippen LogP) is 5.85. The van der Waals surface area contributed by atoms with Crippen molar-refractivity contribution in [2.75, 3.05) is 5.01 Å². The van der Waals surface area contributed by atoms with Crippen molar-refractivity contribution < 1.29 is 12.3 Å². The van der Waals surface area contributed by atoms with Crippen molar-refractivity contribution in [1.82, 2.24) is 0 Å². The summed E-state index contributed by atoms with van der Waals surface area (Å²) in [5.74, 6) is 0. The van der Waals surface area contributed by atoms with Crippen LogP contribution in [0.25, 0.3) is 10.8 Å². The summed E-state index contributed by atoms with van der Waals surface area (Å²) >= 11 is 0. The van der Waals surface area contributed by atoms with Gasteiger partial charge in [-0.25, -0.2) is 0 Å². The minimum absolute atomic E-state index is 0.00779. The molecule has 0 aromatic heterocycles. The number of fused-ring (bicyclic) bond motifs is 1. The monoisotopic (exact) mass is 430 g/mol. The van der Waals surface area contributed by atoms with E-state index in [1.54, 1.807) is 12.1 Å². The van der Waals surface area contributed by atoms with Crippen LogP contribution in [-0.4, -0.2) is 14.1 Å². The third kappa shape index (κ3) is 3.70. The van der Waals surface area contributed by atoms with Crippen molar-refractivity contribution in [2.24, 2.45) is 5.10 Å². The molecule has 6 heteroatoms.